The van der Waals surface area contributed by atoms with Crippen molar-refractivity contribution < 1.29 is 9.15 Å². The van der Waals surface area contributed by atoms with Crippen LogP contribution in [0.3, 0.4) is 0 Å². The highest BCUT2D eigenvalue weighted by Crippen LogP contribution is 2.29. The number of nitrogens with zero attached hydrogens (tertiary/aromatic N) is 2. The van der Waals surface area contributed by atoms with Gasteiger partial charge in [-0.3, -0.25) is 0 Å². The van der Waals surface area contributed by atoms with E-state index in [9.17, 15) is 5.26 Å². The molecule has 0 fully saturated rings. The van der Waals surface area contributed by atoms with Gasteiger partial charge in [0, 0.05) is 5.56 Å². The van der Waals surface area contributed by atoms with Crippen molar-refractivity contribution in [2.45, 2.75) is 19.6 Å². The van der Waals surface area contributed by atoms with Crippen LogP contribution in [0.4, 0.5) is 5.88 Å². The molecule has 0 aliphatic carbocycles. The lowest BCUT2D eigenvalue weighted by atomic mass is 10.1. The Labute approximate surface area is 175 Å². The number of hydrogen-bond donors (Lipinski definition) is 1. The fourth-order valence-corrected chi connectivity index (χ4v) is 3.07. The number of nitrogens with one attached hydrogen (secondary N) is 1. The van der Waals surface area contributed by atoms with Gasteiger partial charge in [0.1, 0.15) is 18.4 Å². The molecule has 0 bridgehead atoms. The Hall–Kier alpha value is -4.04. The highest BCUT2D eigenvalue weighted by Gasteiger charge is 2.17. The van der Waals surface area contributed by atoms with Crippen molar-refractivity contribution in [2.75, 3.05) is 5.32 Å². The monoisotopic (exact) mass is 395 g/mol. The minimum atomic E-state index is -0.0205. The van der Waals surface area contributed by atoms with E-state index in [4.69, 9.17) is 9.15 Å². The number of aromatic nitrogens is 1. The van der Waals surface area contributed by atoms with Crippen LogP contribution < -0.4 is 10.1 Å². The lowest BCUT2D eigenvalue weighted by Gasteiger charge is -2.13. The number of rotatable bonds is 7. The predicted molar refractivity (Wildman–Crippen MR) is 116 cm³/mol. The summed E-state index contributed by atoms with van der Waals surface area (Å²) in [7, 11) is 0. The molecule has 0 saturated heterocycles. The molecular formula is C25H21N3O2. The lowest BCUT2D eigenvalue weighted by Crippen LogP contribution is -2.06. The van der Waals surface area contributed by atoms with Gasteiger partial charge in [0.25, 0.3) is 0 Å². The highest BCUT2D eigenvalue weighted by molar-refractivity contribution is 5.60. The van der Waals surface area contributed by atoms with Crippen molar-refractivity contribution in [3.8, 4) is 23.3 Å². The van der Waals surface area contributed by atoms with Crippen LogP contribution in [-0.4, -0.2) is 4.98 Å². The third kappa shape index (κ3) is 4.50. The second-order valence-corrected chi connectivity index (χ2v) is 6.88. The first-order valence-corrected chi connectivity index (χ1v) is 9.72. The van der Waals surface area contributed by atoms with E-state index in [0.717, 1.165) is 22.4 Å². The minimum absolute atomic E-state index is 0.0205. The third-order valence-electron chi connectivity index (χ3n) is 4.73. The molecule has 1 atom stereocenters. The van der Waals surface area contributed by atoms with E-state index in [1.165, 1.54) is 0 Å². The van der Waals surface area contributed by atoms with Crippen molar-refractivity contribution in [1.29, 1.82) is 5.26 Å². The average Bonchev–Trinajstić information content (AvgIpc) is 3.22. The van der Waals surface area contributed by atoms with Gasteiger partial charge in [-0.05, 0) is 42.3 Å². The Morgan fingerprint density at radius 1 is 0.967 bits per heavy atom. The van der Waals surface area contributed by atoms with E-state index in [1.807, 2.05) is 91.9 Å². The van der Waals surface area contributed by atoms with Gasteiger partial charge in [-0.25, -0.2) is 0 Å². The maximum Gasteiger partial charge on any atom is 0.233 e. The van der Waals surface area contributed by atoms with Crippen molar-refractivity contribution in [3.63, 3.8) is 0 Å². The molecule has 5 heteroatoms. The minimum Gasteiger partial charge on any atom is -0.489 e. The van der Waals surface area contributed by atoms with Crippen molar-refractivity contribution in [3.05, 3.63) is 102 Å². The summed E-state index contributed by atoms with van der Waals surface area (Å²) in [5.41, 5.74) is 3.21. The van der Waals surface area contributed by atoms with Gasteiger partial charge in [0.15, 0.2) is 0 Å². The fraction of sp³-hybridized carbons (Fsp3) is 0.120. The largest absolute Gasteiger partial charge is 0.489 e. The number of nitriles is 1. The number of hydrogen-bond acceptors (Lipinski definition) is 5. The third-order valence-corrected chi connectivity index (χ3v) is 4.73. The molecule has 0 aliphatic heterocycles. The molecule has 1 aromatic heterocycles. The summed E-state index contributed by atoms with van der Waals surface area (Å²) in [6.45, 7) is 2.51. The Bertz CT molecular complexity index is 1130. The van der Waals surface area contributed by atoms with Gasteiger partial charge >= 0.3 is 0 Å². The summed E-state index contributed by atoms with van der Waals surface area (Å²) in [6, 6.07) is 29.5. The molecule has 5 nitrogen and oxygen atoms in total. The Morgan fingerprint density at radius 2 is 1.63 bits per heavy atom. The zero-order valence-electron chi connectivity index (χ0n) is 16.6. The summed E-state index contributed by atoms with van der Waals surface area (Å²) in [5, 5.41) is 12.7. The summed E-state index contributed by atoms with van der Waals surface area (Å²) >= 11 is 0. The molecule has 0 aliphatic rings. The molecule has 4 rings (SSSR count). The first kappa shape index (κ1) is 19.3. The second kappa shape index (κ2) is 8.97. The van der Waals surface area contributed by atoms with Gasteiger partial charge in [-0.15, -0.1) is 0 Å². The standard InChI is InChI=1S/C25H21N3O2/c1-18(20-10-6-3-7-11-20)27-25-23(16-26)28-24(30-25)21-12-14-22(15-13-21)29-17-19-8-4-2-5-9-19/h2-15,18,27H,17H2,1H3/t18-/m1/s1. The van der Waals surface area contributed by atoms with E-state index < -0.39 is 0 Å². The van der Waals surface area contributed by atoms with E-state index in [2.05, 4.69) is 16.4 Å². The molecule has 0 radical (unpaired) electrons. The zero-order chi connectivity index (χ0) is 20.8. The van der Waals surface area contributed by atoms with Gasteiger partial charge < -0.3 is 14.5 Å². The Morgan fingerprint density at radius 3 is 2.30 bits per heavy atom. The summed E-state index contributed by atoms with van der Waals surface area (Å²) < 4.78 is 11.7. The molecule has 30 heavy (non-hydrogen) atoms. The molecule has 1 N–H and O–H groups in total. The quantitative estimate of drug-likeness (QED) is 0.418. The molecule has 0 spiro atoms. The fourth-order valence-electron chi connectivity index (χ4n) is 3.07. The average molecular weight is 395 g/mol. The first-order chi connectivity index (χ1) is 14.7. The Kier molecular flexibility index (Phi) is 5.77. The number of anilines is 1. The summed E-state index contributed by atoms with van der Waals surface area (Å²) in [5.74, 6) is 1.52. The van der Waals surface area contributed by atoms with Crippen molar-refractivity contribution in [2.24, 2.45) is 0 Å². The zero-order valence-corrected chi connectivity index (χ0v) is 16.6. The van der Waals surface area contributed by atoms with Crippen LogP contribution in [-0.2, 0) is 6.61 Å². The second-order valence-electron chi connectivity index (χ2n) is 6.88. The highest BCUT2D eigenvalue weighted by atomic mass is 16.5. The van der Waals surface area contributed by atoms with Gasteiger partial charge in [-0.1, -0.05) is 60.7 Å². The number of benzene rings is 3. The first-order valence-electron chi connectivity index (χ1n) is 9.72. The van der Waals surface area contributed by atoms with E-state index in [-0.39, 0.29) is 11.7 Å². The van der Waals surface area contributed by atoms with Crippen LogP contribution >= 0.6 is 0 Å². The van der Waals surface area contributed by atoms with Crippen LogP contribution in [0.1, 0.15) is 29.8 Å². The van der Waals surface area contributed by atoms with Crippen LogP contribution in [0, 0.1) is 11.3 Å². The van der Waals surface area contributed by atoms with E-state index in [1.54, 1.807) is 0 Å². The van der Waals surface area contributed by atoms with E-state index >= 15 is 0 Å². The van der Waals surface area contributed by atoms with Crippen LogP contribution in [0.15, 0.2) is 89.3 Å². The molecule has 4 aromatic rings. The predicted octanol–water partition coefficient (Wildman–Crippen LogP) is 5.97. The smallest absolute Gasteiger partial charge is 0.233 e. The van der Waals surface area contributed by atoms with E-state index in [0.29, 0.717) is 18.4 Å². The van der Waals surface area contributed by atoms with Crippen LogP contribution in [0.2, 0.25) is 0 Å². The maximum atomic E-state index is 9.45. The van der Waals surface area contributed by atoms with Gasteiger partial charge in [0.05, 0.1) is 6.04 Å². The van der Waals surface area contributed by atoms with Crippen molar-refractivity contribution in [1.82, 2.24) is 4.98 Å². The molecule has 1 heterocycles. The van der Waals surface area contributed by atoms with Gasteiger partial charge in [-0.2, -0.15) is 10.2 Å². The Balaban J connectivity index is 1.47. The molecule has 0 saturated carbocycles. The maximum absolute atomic E-state index is 9.45. The van der Waals surface area contributed by atoms with Gasteiger partial charge in [0.2, 0.25) is 17.5 Å². The summed E-state index contributed by atoms with van der Waals surface area (Å²) in [6.07, 6.45) is 0. The molecule has 3 aromatic carbocycles. The lowest BCUT2D eigenvalue weighted by molar-refractivity contribution is 0.306. The van der Waals surface area contributed by atoms with Crippen molar-refractivity contribution >= 4 is 5.88 Å². The molecule has 0 amide bonds. The SMILES string of the molecule is C[C@@H](Nc1oc(-c2ccc(OCc3ccccc3)cc2)nc1C#N)c1ccccc1. The normalized spacial score (nSPS) is 11.5. The number of oxazole rings is 1. The van der Waals surface area contributed by atoms with Crippen LogP contribution in [0.25, 0.3) is 11.5 Å². The van der Waals surface area contributed by atoms with Crippen LogP contribution in [0.5, 0.6) is 5.75 Å². The molecule has 0 unspecified atom stereocenters. The molecular weight excluding hydrogens is 374 g/mol. The number of ether oxygens (including phenoxy) is 1. The topological polar surface area (TPSA) is 71.1 Å². The summed E-state index contributed by atoms with van der Waals surface area (Å²) in [4.78, 5) is 4.34. The molecule has 148 valence electrons.